The summed E-state index contributed by atoms with van der Waals surface area (Å²) in [5, 5.41) is 13.9. The highest BCUT2D eigenvalue weighted by atomic mass is 32.1. The molecule has 3 aromatic heterocycles. The Morgan fingerprint density at radius 3 is 2.96 bits per heavy atom. The Hall–Kier alpha value is -2.41. The van der Waals surface area contributed by atoms with Crippen LogP contribution >= 0.6 is 11.3 Å². The quantitative estimate of drug-likeness (QED) is 0.522. The van der Waals surface area contributed by atoms with Crippen molar-refractivity contribution >= 4 is 22.9 Å². The van der Waals surface area contributed by atoms with Crippen molar-refractivity contribution in [3.05, 3.63) is 52.6 Å². The number of fused-ring (bicyclic) bond motifs is 1. The van der Waals surface area contributed by atoms with Crippen LogP contribution in [0.1, 0.15) is 17.6 Å². The molecule has 1 N–H and O–H groups in total. The number of nitrogens with zero attached hydrogens (tertiary/aromatic N) is 5. The highest BCUT2D eigenvalue weighted by molar-refractivity contribution is 7.09. The van der Waals surface area contributed by atoms with Gasteiger partial charge in [-0.2, -0.15) is 0 Å². The molecule has 0 aliphatic rings. The predicted octanol–water partition coefficient (Wildman–Crippen LogP) is 2.47. The van der Waals surface area contributed by atoms with Crippen LogP contribution < -0.4 is 5.32 Å². The molecule has 0 aliphatic carbocycles. The largest absolute Gasteiger partial charge is 0.357 e. The van der Waals surface area contributed by atoms with Crippen molar-refractivity contribution in [1.82, 2.24) is 24.8 Å². The molecule has 0 bridgehead atoms. The van der Waals surface area contributed by atoms with Gasteiger partial charge in [0.2, 0.25) is 0 Å². The Labute approximate surface area is 152 Å². The zero-order valence-electron chi connectivity index (χ0n) is 14.7. The van der Waals surface area contributed by atoms with E-state index in [0.29, 0.717) is 6.54 Å². The van der Waals surface area contributed by atoms with Crippen molar-refractivity contribution < 1.29 is 0 Å². The summed E-state index contributed by atoms with van der Waals surface area (Å²) in [6.07, 6.45) is 3.79. The SMILES string of the molecule is CCNC(=NCCc1nnc2ccccn12)N(C)CCc1cccs1. The van der Waals surface area contributed by atoms with Gasteiger partial charge in [0, 0.05) is 44.2 Å². The van der Waals surface area contributed by atoms with Crippen LogP contribution in [0.5, 0.6) is 0 Å². The van der Waals surface area contributed by atoms with E-state index in [4.69, 9.17) is 4.99 Å². The van der Waals surface area contributed by atoms with Gasteiger partial charge in [-0.1, -0.05) is 12.1 Å². The highest BCUT2D eigenvalue weighted by Crippen LogP contribution is 2.09. The normalized spacial score (nSPS) is 11.8. The Balaban J connectivity index is 1.59. The van der Waals surface area contributed by atoms with Crippen molar-refractivity contribution in [2.24, 2.45) is 4.99 Å². The molecule has 0 fully saturated rings. The maximum absolute atomic E-state index is 4.75. The average molecular weight is 356 g/mol. The Bertz CT molecular complexity index is 808. The van der Waals surface area contributed by atoms with Crippen LogP contribution in [0.3, 0.4) is 0 Å². The monoisotopic (exact) mass is 356 g/mol. The maximum atomic E-state index is 4.75. The van der Waals surface area contributed by atoms with Crippen molar-refractivity contribution in [2.75, 3.05) is 26.7 Å². The Morgan fingerprint density at radius 1 is 1.24 bits per heavy atom. The van der Waals surface area contributed by atoms with Gasteiger partial charge in [0.1, 0.15) is 5.82 Å². The van der Waals surface area contributed by atoms with Crippen molar-refractivity contribution in [2.45, 2.75) is 19.8 Å². The lowest BCUT2D eigenvalue weighted by atomic mass is 10.3. The second-order valence-corrected chi connectivity index (χ2v) is 6.81. The number of pyridine rings is 1. The molecule has 0 aliphatic heterocycles. The number of likely N-dealkylation sites (N-methyl/N-ethyl adjacent to an activating group) is 1. The van der Waals surface area contributed by atoms with E-state index in [-0.39, 0.29) is 0 Å². The van der Waals surface area contributed by atoms with Gasteiger partial charge in [-0.15, -0.1) is 21.5 Å². The van der Waals surface area contributed by atoms with Crippen molar-refractivity contribution in [3.63, 3.8) is 0 Å². The molecule has 0 spiro atoms. The molecule has 0 saturated heterocycles. The summed E-state index contributed by atoms with van der Waals surface area (Å²) in [4.78, 5) is 8.33. The molecule has 6 nitrogen and oxygen atoms in total. The van der Waals surface area contributed by atoms with E-state index in [2.05, 4.69) is 51.9 Å². The predicted molar refractivity (Wildman–Crippen MR) is 103 cm³/mol. The minimum atomic E-state index is 0.682. The molecule has 7 heteroatoms. The van der Waals surface area contributed by atoms with E-state index in [0.717, 1.165) is 43.4 Å². The molecule has 3 aromatic rings. The number of hydrogen-bond donors (Lipinski definition) is 1. The van der Waals surface area contributed by atoms with Gasteiger partial charge in [0.15, 0.2) is 11.6 Å². The minimum absolute atomic E-state index is 0.682. The van der Waals surface area contributed by atoms with Crippen LogP contribution in [-0.2, 0) is 12.8 Å². The molecule has 0 unspecified atom stereocenters. The van der Waals surface area contributed by atoms with Crippen LogP contribution in [0.15, 0.2) is 46.9 Å². The van der Waals surface area contributed by atoms with E-state index < -0.39 is 0 Å². The first-order valence-corrected chi connectivity index (χ1v) is 9.46. The van der Waals surface area contributed by atoms with Gasteiger partial charge >= 0.3 is 0 Å². The molecule has 0 aromatic carbocycles. The molecular weight excluding hydrogens is 332 g/mol. The van der Waals surface area contributed by atoms with Gasteiger partial charge in [0.25, 0.3) is 0 Å². The lowest BCUT2D eigenvalue weighted by Gasteiger charge is -2.21. The molecule has 0 atom stereocenters. The molecule has 132 valence electrons. The minimum Gasteiger partial charge on any atom is -0.357 e. The Kier molecular flexibility index (Phi) is 6.00. The smallest absolute Gasteiger partial charge is 0.193 e. The second-order valence-electron chi connectivity index (χ2n) is 5.78. The number of hydrogen-bond acceptors (Lipinski definition) is 4. The van der Waals surface area contributed by atoms with Gasteiger partial charge in [-0.3, -0.25) is 9.39 Å². The standard InChI is InChI=1S/C18H24N6S/c1-3-19-18(23(2)13-10-15-7-6-14-25-15)20-11-9-17-22-21-16-8-4-5-12-24(16)17/h4-8,12,14H,3,9-11,13H2,1-2H3,(H,19,20). The average Bonchev–Trinajstić information content (AvgIpc) is 3.29. The first-order chi connectivity index (χ1) is 12.3. The van der Waals surface area contributed by atoms with Gasteiger partial charge < -0.3 is 10.2 Å². The highest BCUT2D eigenvalue weighted by Gasteiger charge is 2.08. The fourth-order valence-corrected chi connectivity index (χ4v) is 3.33. The molecule has 0 saturated carbocycles. The summed E-state index contributed by atoms with van der Waals surface area (Å²) < 4.78 is 2.02. The summed E-state index contributed by atoms with van der Waals surface area (Å²) in [6.45, 7) is 4.58. The van der Waals surface area contributed by atoms with Crippen LogP contribution in [0.2, 0.25) is 0 Å². The molecule has 25 heavy (non-hydrogen) atoms. The van der Waals surface area contributed by atoms with Crippen molar-refractivity contribution in [3.8, 4) is 0 Å². The first kappa shape index (κ1) is 17.4. The number of aliphatic imine (C=N–C) groups is 1. The number of guanidine groups is 1. The fraction of sp³-hybridized carbons (Fsp3) is 0.389. The van der Waals surface area contributed by atoms with E-state index in [1.54, 1.807) is 11.3 Å². The topological polar surface area (TPSA) is 57.8 Å². The summed E-state index contributed by atoms with van der Waals surface area (Å²) in [7, 11) is 2.08. The molecule has 3 heterocycles. The van der Waals surface area contributed by atoms with Crippen molar-refractivity contribution in [1.29, 1.82) is 0 Å². The van der Waals surface area contributed by atoms with Crippen LogP contribution in [0, 0.1) is 0 Å². The third-order valence-corrected chi connectivity index (χ3v) is 4.89. The third-order valence-electron chi connectivity index (χ3n) is 3.95. The number of aromatic nitrogens is 3. The number of thiophene rings is 1. The summed E-state index contributed by atoms with van der Waals surface area (Å²) in [6, 6.07) is 10.2. The maximum Gasteiger partial charge on any atom is 0.193 e. The third kappa shape index (κ3) is 4.57. The molecule has 3 rings (SSSR count). The van der Waals surface area contributed by atoms with Gasteiger partial charge in [-0.05, 0) is 36.9 Å². The summed E-state index contributed by atoms with van der Waals surface area (Å²) >= 11 is 1.80. The Morgan fingerprint density at radius 2 is 2.16 bits per heavy atom. The lowest BCUT2D eigenvalue weighted by molar-refractivity contribution is 0.486. The van der Waals surface area contributed by atoms with Crippen LogP contribution in [-0.4, -0.2) is 52.1 Å². The number of nitrogens with one attached hydrogen (secondary N) is 1. The van der Waals surface area contributed by atoms with E-state index in [1.807, 2.05) is 28.8 Å². The van der Waals surface area contributed by atoms with Crippen LogP contribution in [0.25, 0.3) is 5.65 Å². The van der Waals surface area contributed by atoms with E-state index in [1.165, 1.54) is 4.88 Å². The fourth-order valence-electron chi connectivity index (χ4n) is 2.63. The zero-order valence-corrected chi connectivity index (χ0v) is 15.5. The molecule has 0 amide bonds. The second kappa shape index (κ2) is 8.62. The van der Waals surface area contributed by atoms with E-state index in [9.17, 15) is 0 Å². The first-order valence-electron chi connectivity index (χ1n) is 8.58. The number of rotatable bonds is 7. The molecular formula is C18H24N6S. The zero-order chi connectivity index (χ0) is 17.5. The lowest BCUT2D eigenvalue weighted by Crippen LogP contribution is -2.40. The summed E-state index contributed by atoms with van der Waals surface area (Å²) in [5.74, 6) is 1.88. The van der Waals surface area contributed by atoms with Gasteiger partial charge in [0.05, 0.1) is 0 Å². The molecule has 0 radical (unpaired) electrons. The van der Waals surface area contributed by atoms with Gasteiger partial charge in [-0.25, -0.2) is 0 Å². The summed E-state index contributed by atoms with van der Waals surface area (Å²) in [5.41, 5.74) is 0.876. The van der Waals surface area contributed by atoms with Crippen LogP contribution in [0.4, 0.5) is 0 Å². The van der Waals surface area contributed by atoms with E-state index >= 15 is 0 Å².